The first kappa shape index (κ1) is 13.1. The van der Waals surface area contributed by atoms with E-state index in [1.807, 2.05) is 24.3 Å². The molecule has 1 atom stereocenters. The number of benzene rings is 1. The fraction of sp³-hybridized carbons (Fsp3) is 0.200. The maximum atomic E-state index is 5.87. The summed E-state index contributed by atoms with van der Waals surface area (Å²) < 4.78 is 0. The zero-order chi connectivity index (χ0) is 13.9. The summed E-state index contributed by atoms with van der Waals surface area (Å²) in [6.07, 6.45) is 1.79. The van der Waals surface area contributed by atoms with Crippen LogP contribution in [0, 0.1) is 6.92 Å². The second kappa shape index (κ2) is 5.64. The predicted octanol–water partition coefficient (Wildman–Crippen LogP) is 3.06. The number of pyridine rings is 1. The van der Waals surface area contributed by atoms with E-state index in [9.17, 15) is 0 Å². The third-order valence-electron chi connectivity index (χ3n) is 3.10. The van der Waals surface area contributed by atoms with Crippen LogP contribution in [0.4, 0.5) is 0 Å². The molecule has 0 saturated carbocycles. The number of imidazole rings is 1. The summed E-state index contributed by atoms with van der Waals surface area (Å²) in [5, 5.41) is 0.990. The van der Waals surface area contributed by atoms with Crippen LogP contribution in [-0.2, 0) is 0 Å². The first-order valence-corrected chi connectivity index (χ1v) is 7.38. The predicted molar refractivity (Wildman–Crippen MR) is 82.7 cm³/mol. The average molecular weight is 284 g/mol. The molecule has 0 saturated heterocycles. The van der Waals surface area contributed by atoms with Crippen molar-refractivity contribution >= 4 is 22.8 Å². The molecular formula is C15H16N4S. The number of nitrogens with one attached hydrogen (secondary N) is 1. The average Bonchev–Trinajstić information content (AvgIpc) is 2.87. The first-order chi connectivity index (χ1) is 9.76. The number of fused-ring (bicyclic) bond motifs is 1. The largest absolute Gasteiger partial charge is 0.333 e. The minimum atomic E-state index is 0.109. The van der Waals surface area contributed by atoms with Crippen LogP contribution in [-0.4, -0.2) is 21.5 Å². The Labute approximate surface area is 121 Å². The highest BCUT2D eigenvalue weighted by atomic mass is 32.2. The molecule has 1 aromatic carbocycles. The number of aromatic amines is 1. The van der Waals surface area contributed by atoms with Crippen molar-refractivity contribution in [2.45, 2.75) is 17.3 Å². The highest BCUT2D eigenvalue weighted by molar-refractivity contribution is 7.99. The standard InChI is InChI=1S/C15H16N4S/c1-10-5-6-11-13(8-10)19-15(18-11)20-14(9-16)12-4-2-3-7-17-12/h2-8,14H,9,16H2,1H3,(H,18,19). The van der Waals surface area contributed by atoms with Crippen molar-refractivity contribution in [3.63, 3.8) is 0 Å². The van der Waals surface area contributed by atoms with Crippen molar-refractivity contribution < 1.29 is 0 Å². The fourth-order valence-corrected chi connectivity index (χ4v) is 3.03. The lowest BCUT2D eigenvalue weighted by atomic mass is 10.2. The number of hydrogen-bond acceptors (Lipinski definition) is 4. The van der Waals surface area contributed by atoms with Crippen molar-refractivity contribution in [1.82, 2.24) is 15.0 Å². The number of H-pyrrole nitrogens is 1. The van der Waals surface area contributed by atoms with Gasteiger partial charge in [0.1, 0.15) is 0 Å². The quantitative estimate of drug-likeness (QED) is 0.723. The number of aromatic nitrogens is 3. The zero-order valence-electron chi connectivity index (χ0n) is 11.2. The molecule has 3 aromatic rings. The molecule has 0 bridgehead atoms. The highest BCUT2D eigenvalue weighted by Crippen LogP contribution is 2.32. The summed E-state index contributed by atoms with van der Waals surface area (Å²) in [7, 11) is 0. The van der Waals surface area contributed by atoms with E-state index in [1.165, 1.54) is 5.56 Å². The van der Waals surface area contributed by atoms with Gasteiger partial charge in [-0.05, 0) is 36.8 Å². The molecule has 0 amide bonds. The Morgan fingerprint density at radius 3 is 2.95 bits per heavy atom. The summed E-state index contributed by atoms with van der Waals surface area (Å²) in [5.74, 6) is 0. The minimum absolute atomic E-state index is 0.109. The first-order valence-electron chi connectivity index (χ1n) is 6.50. The molecule has 0 aliphatic rings. The molecule has 20 heavy (non-hydrogen) atoms. The fourth-order valence-electron chi connectivity index (χ4n) is 2.09. The van der Waals surface area contributed by atoms with Gasteiger partial charge in [0.15, 0.2) is 5.16 Å². The second-order valence-electron chi connectivity index (χ2n) is 4.66. The second-order valence-corrected chi connectivity index (χ2v) is 5.85. The summed E-state index contributed by atoms with van der Waals surface area (Å²) in [5.41, 5.74) is 10.1. The van der Waals surface area contributed by atoms with Crippen molar-refractivity contribution in [3.8, 4) is 0 Å². The van der Waals surface area contributed by atoms with Crippen molar-refractivity contribution in [2.24, 2.45) is 5.73 Å². The van der Waals surface area contributed by atoms with Crippen LogP contribution in [0.5, 0.6) is 0 Å². The molecule has 3 N–H and O–H groups in total. The number of nitrogens with two attached hydrogens (primary N) is 1. The Kier molecular flexibility index (Phi) is 3.71. The molecule has 3 rings (SSSR count). The van der Waals surface area contributed by atoms with Crippen LogP contribution in [0.3, 0.4) is 0 Å². The molecule has 2 aromatic heterocycles. The van der Waals surface area contributed by atoms with Crippen LogP contribution in [0.15, 0.2) is 47.8 Å². The molecule has 0 spiro atoms. The van der Waals surface area contributed by atoms with Gasteiger partial charge in [-0.25, -0.2) is 4.98 Å². The number of aryl methyl sites for hydroxylation is 1. The maximum absolute atomic E-state index is 5.87. The Balaban J connectivity index is 1.87. The van der Waals surface area contributed by atoms with Gasteiger partial charge in [0.25, 0.3) is 0 Å². The van der Waals surface area contributed by atoms with Crippen LogP contribution >= 0.6 is 11.8 Å². The lowest BCUT2D eigenvalue weighted by Crippen LogP contribution is -2.10. The van der Waals surface area contributed by atoms with E-state index in [2.05, 4.69) is 34.0 Å². The van der Waals surface area contributed by atoms with Gasteiger partial charge in [-0.2, -0.15) is 0 Å². The molecule has 1 unspecified atom stereocenters. The zero-order valence-corrected chi connectivity index (χ0v) is 12.0. The van der Waals surface area contributed by atoms with Crippen molar-refractivity contribution in [1.29, 1.82) is 0 Å². The normalized spacial score (nSPS) is 12.7. The number of thioether (sulfide) groups is 1. The molecule has 5 heteroatoms. The lowest BCUT2D eigenvalue weighted by molar-refractivity contribution is 0.890. The third-order valence-corrected chi connectivity index (χ3v) is 4.24. The van der Waals surface area contributed by atoms with E-state index >= 15 is 0 Å². The smallest absolute Gasteiger partial charge is 0.167 e. The molecule has 4 nitrogen and oxygen atoms in total. The molecule has 102 valence electrons. The van der Waals surface area contributed by atoms with Crippen molar-refractivity contribution in [2.75, 3.05) is 6.54 Å². The Morgan fingerprint density at radius 2 is 2.20 bits per heavy atom. The third kappa shape index (κ3) is 2.69. The van der Waals surface area contributed by atoms with E-state index in [0.29, 0.717) is 6.54 Å². The number of hydrogen-bond donors (Lipinski definition) is 2. The summed E-state index contributed by atoms with van der Waals surface area (Å²) in [4.78, 5) is 12.3. The maximum Gasteiger partial charge on any atom is 0.167 e. The molecule has 0 aliphatic carbocycles. The van der Waals surface area contributed by atoms with E-state index in [1.54, 1.807) is 18.0 Å². The minimum Gasteiger partial charge on any atom is -0.333 e. The van der Waals surface area contributed by atoms with E-state index < -0.39 is 0 Å². The number of nitrogens with zero attached hydrogens (tertiary/aromatic N) is 2. The van der Waals surface area contributed by atoms with Gasteiger partial charge in [-0.3, -0.25) is 4.98 Å². The van der Waals surface area contributed by atoms with Gasteiger partial charge in [-0.15, -0.1) is 0 Å². The van der Waals surface area contributed by atoms with Gasteiger partial charge < -0.3 is 10.7 Å². The van der Waals surface area contributed by atoms with E-state index in [0.717, 1.165) is 21.9 Å². The summed E-state index contributed by atoms with van der Waals surface area (Å²) in [6, 6.07) is 12.1. The number of rotatable bonds is 4. The van der Waals surface area contributed by atoms with E-state index in [4.69, 9.17) is 5.73 Å². The van der Waals surface area contributed by atoms with Gasteiger partial charge in [0.2, 0.25) is 0 Å². The van der Waals surface area contributed by atoms with Gasteiger partial charge in [0, 0.05) is 12.7 Å². The highest BCUT2D eigenvalue weighted by Gasteiger charge is 2.15. The Bertz CT molecular complexity index is 708. The lowest BCUT2D eigenvalue weighted by Gasteiger charge is -2.11. The van der Waals surface area contributed by atoms with Crippen LogP contribution in [0.1, 0.15) is 16.5 Å². The van der Waals surface area contributed by atoms with Crippen LogP contribution in [0.25, 0.3) is 11.0 Å². The van der Waals surface area contributed by atoms with E-state index in [-0.39, 0.29) is 5.25 Å². The molecule has 0 radical (unpaired) electrons. The van der Waals surface area contributed by atoms with Gasteiger partial charge in [-0.1, -0.05) is 23.9 Å². The van der Waals surface area contributed by atoms with Crippen LogP contribution < -0.4 is 5.73 Å². The molecule has 2 heterocycles. The summed E-state index contributed by atoms with van der Waals surface area (Å²) >= 11 is 1.62. The SMILES string of the molecule is Cc1ccc2nc(SC(CN)c3ccccn3)[nH]c2c1. The molecule has 0 aliphatic heterocycles. The van der Waals surface area contributed by atoms with Gasteiger partial charge in [0.05, 0.1) is 22.0 Å². The van der Waals surface area contributed by atoms with Crippen molar-refractivity contribution in [3.05, 3.63) is 53.9 Å². The van der Waals surface area contributed by atoms with Crippen LogP contribution in [0.2, 0.25) is 0 Å². The Morgan fingerprint density at radius 1 is 1.30 bits per heavy atom. The summed E-state index contributed by atoms with van der Waals surface area (Å²) in [6.45, 7) is 2.60. The molecular weight excluding hydrogens is 268 g/mol. The Hall–Kier alpha value is -1.85. The topological polar surface area (TPSA) is 67.6 Å². The molecule has 0 fully saturated rings. The monoisotopic (exact) mass is 284 g/mol. The van der Waals surface area contributed by atoms with Gasteiger partial charge >= 0.3 is 0 Å².